The van der Waals surface area contributed by atoms with Gasteiger partial charge in [0.2, 0.25) is 12.3 Å². The highest BCUT2D eigenvalue weighted by molar-refractivity contribution is 7.46. The second kappa shape index (κ2) is 7.09. The van der Waals surface area contributed by atoms with Crippen molar-refractivity contribution in [3.8, 4) is 0 Å². The quantitative estimate of drug-likeness (QED) is 0.205. The Bertz CT molecular complexity index is 399. The highest BCUT2D eigenvalue weighted by Crippen LogP contribution is 2.37. The molecular formula is C8H15N2O9P. The van der Waals surface area contributed by atoms with E-state index in [-0.39, 0.29) is 6.54 Å². The molecule has 6 N–H and O–H groups in total. The van der Waals surface area contributed by atoms with E-state index in [1.807, 2.05) is 0 Å². The van der Waals surface area contributed by atoms with E-state index in [2.05, 4.69) is 15.2 Å². The Labute approximate surface area is 113 Å². The molecule has 0 aliphatic carbocycles. The van der Waals surface area contributed by atoms with Gasteiger partial charge in [0.05, 0.1) is 13.2 Å². The third kappa shape index (κ3) is 5.13. The molecule has 0 bridgehead atoms. The number of amides is 2. The monoisotopic (exact) mass is 314 g/mol. The Kier molecular flexibility index (Phi) is 6.02. The molecule has 4 atom stereocenters. The van der Waals surface area contributed by atoms with Crippen molar-refractivity contribution in [2.75, 3.05) is 13.2 Å². The SMILES string of the molecule is O=CNCC(=O)N[C@H]1O[C@H](COP(=O)(O)O)[C@H](O)[C@@H]1O. The van der Waals surface area contributed by atoms with Gasteiger partial charge in [-0.15, -0.1) is 0 Å². The fraction of sp³-hybridized carbons (Fsp3) is 0.750. The van der Waals surface area contributed by atoms with Crippen molar-refractivity contribution in [1.29, 1.82) is 0 Å². The van der Waals surface area contributed by atoms with Crippen LogP contribution in [0.5, 0.6) is 0 Å². The standard InChI is InChI=1S/C8H15N2O9P/c11-3-9-1-5(12)10-8-7(14)6(13)4(19-8)2-18-20(15,16)17/h3-4,6-8,13-14H,1-2H2,(H,9,11)(H,10,12)(H2,15,16,17)/t4-,6+,7+,8+/m1/s1. The van der Waals surface area contributed by atoms with Crippen LogP contribution in [0.3, 0.4) is 0 Å². The Morgan fingerprint density at radius 2 is 2.00 bits per heavy atom. The van der Waals surface area contributed by atoms with Crippen LogP contribution in [0.1, 0.15) is 0 Å². The number of hydrogen-bond acceptors (Lipinski definition) is 7. The molecule has 0 aromatic heterocycles. The first kappa shape index (κ1) is 17.0. The molecule has 0 radical (unpaired) electrons. The van der Waals surface area contributed by atoms with Gasteiger partial charge in [0.1, 0.15) is 18.3 Å². The van der Waals surface area contributed by atoms with Crippen LogP contribution in [0.2, 0.25) is 0 Å². The van der Waals surface area contributed by atoms with Gasteiger partial charge >= 0.3 is 7.82 Å². The number of aliphatic hydroxyl groups excluding tert-OH is 2. The molecule has 20 heavy (non-hydrogen) atoms. The summed E-state index contributed by atoms with van der Waals surface area (Å²) in [5, 5.41) is 23.4. The van der Waals surface area contributed by atoms with Crippen LogP contribution < -0.4 is 10.6 Å². The van der Waals surface area contributed by atoms with Gasteiger partial charge in [-0.25, -0.2) is 4.57 Å². The lowest BCUT2D eigenvalue weighted by Crippen LogP contribution is -2.46. The second-order valence-electron chi connectivity index (χ2n) is 3.93. The smallest absolute Gasteiger partial charge is 0.387 e. The van der Waals surface area contributed by atoms with Crippen molar-refractivity contribution in [3.63, 3.8) is 0 Å². The van der Waals surface area contributed by atoms with Gasteiger partial charge in [-0.3, -0.25) is 14.1 Å². The third-order valence-corrected chi connectivity index (χ3v) is 2.90. The maximum absolute atomic E-state index is 11.3. The molecule has 1 rings (SSSR count). The average molecular weight is 314 g/mol. The van der Waals surface area contributed by atoms with Crippen LogP contribution in [0, 0.1) is 0 Å². The minimum absolute atomic E-state index is 0.303. The molecule has 0 aromatic rings. The van der Waals surface area contributed by atoms with Gasteiger partial charge in [-0.1, -0.05) is 0 Å². The topological polar surface area (TPSA) is 175 Å². The average Bonchev–Trinajstić information content (AvgIpc) is 2.61. The van der Waals surface area contributed by atoms with Crippen LogP contribution in [-0.2, 0) is 23.4 Å². The first-order valence-electron chi connectivity index (χ1n) is 5.42. The lowest BCUT2D eigenvalue weighted by atomic mass is 10.1. The van der Waals surface area contributed by atoms with E-state index in [1.54, 1.807) is 0 Å². The van der Waals surface area contributed by atoms with Crippen LogP contribution in [0.25, 0.3) is 0 Å². The van der Waals surface area contributed by atoms with Crippen LogP contribution in [0.15, 0.2) is 0 Å². The van der Waals surface area contributed by atoms with Gasteiger partial charge in [0, 0.05) is 0 Å². The molecule has 2 amide bonds. The predicted molar refractivity (Wildman–Crippen MR) is 60.9 cm³/mol. The number of nitrogens with one attached hydrogen (secondary N) is 2. The minimum atomic E-state index is -4.74. The van der Waals surface area contributed by atoms with E-state index in [1.165, 1.54) is 0 Å². The van der Waals surface area contributed by atoms with Crippen molar-refractivity contribution < 1.29 is 43.4 Å². The molecule has 0 spiro atoms. The lowest BCUT2D eigenvalue weighted by Gasteiger charge is -2.16. The number of carbonyl (C=O) groups is 2. The number of ether oxygens (including phenoxy) is 1. The first-order valence-corrected chi connectivity index (χ1v) is 6.95. The van der Waals surface area contributed by atoms with Crippen molar-refractivity contribution in [2.45, 2.75) is 24.5 Å². The Hall–Kier alpha value is -1.07. The fourth-order valence-corrected chi connectivity index (χ4v) is 1.86. The molecule has 11 nitrogen and oxygen atoms in total. The molecule has 0 unspecified atom stereocenters. The van der Waals surface area contributed by atoms with Crippen LogP contribution in [-0.4, -0.2) is 70.0 Å². The molecule has 1 fully saturated rings. The number of phosphoric ester groups is 1. The minimum Gasteiger partial charge on any atom is -0.387 e. The molecule has 12 heteroatoms. The van der Waals surface area contributed by atoms with Gasteiger partial charge in [-0.2, -0.15) is 0 Å². The third-order valence-electron chi connectivity index (χ3n) is 2.42. The number of aliphatic hydroxyl groups is 2. The summed E-state index contributed by atoms with van der Waals surface area (Å²) >= 11 is 0. The summed E-state index contributed by atoms with van der Waals surface area (Å²) in [6.07, 6.45) is -5.19. The number of rotatable bonds is 7. The van der Waals surface area contributed by atoms with E-state index in [0.29, 0.717) is 6.41 Å². The molecule has 0 saturated carbocycles. The molecule has 0 aromatic carbocycles. The summed E-state index contributed by atoms with van der Waals surface area (Å²) in [6, 6.07) is 0. The highest BCUT2D eigenvalue weighted by Gasteiger charge is 2.44. The zero-order valence-corrected chi connectivity index (χ0v) is 11.0. The number of hydrogen-bond donors (Lipinski definition) is 6. The van der Waals surface area contributed by atoms with Crippen molar-refractivity contribution in [3.05, 3.63) is 0 Å². The van der Waals surface area contributed by atoms with Crippen molar-refractivity contribution >= 4 is 20.1 Å². The normalized spacial score (nSPS) is 30.0. The van der Waals surface area contributed by atoms with E-state index in [4.69, 9.17) is 14.5 Å². The highest BCUT2D eigenvalue weighted by atomic mass is 31.2. The molecule has 1 saturated heterocycles. The fourth-order valence-electron chi connectivity index (χ4n) is 1.52. The summed E-state index contributed by atoms with van der Waals surface area (Å²) in [6.45, 7) is -1.02. The first-order chi connectivity index (χ1) is 9.24. The van der Waals surface area contributed by atoms with Crippen LogP contribution in [0.4, 0.5) is 0 Å². The Morgan fingerprint density at radius 3 is 2.55 bits per heavy atom. The van der Waals surface area contributed by atoms with Crippen LogP contribution >= 0.6 is 7.82 Å². The van der Waals surface area contributed by atoms with E-state index >= 15 is 0 Å². The summed E-state index contributed by atoms with van der Waals surface area (Å²) < 4.78 is 19.7. The van der Waals surface area contributed by atoms with Gasteiger partial charge < -0.3 is 35.4 Å². The predicted octanol–water partition coefficient (Wildman–Crippen LogP) is -3.60. The maximum Gasteiger partial charge on any atom is 0.469 e. The van der Waals surface area contributed by atoms with Gasteiger partial charge in [-0.05, 0) is 0 Å². The van der Waals surface area contributed by atoms with E-state index < -0.39 is 44.9 Å². The summed E-state index contributed by atoms with van der Waals surface area (Å²) in [4.78, 5) is 38.3. The molecule has 116 valence electrons. The van der Waals surface area contributed by atoms with Gasteiger partial charge in [0.15, 0.2) is 6.23 Å². The number of phosphoric acid groups is 1. The van der Waals surface area contributed by atoms with Crippen molar-refractivity contribution in [1.82, 2.24) is 10.6 Å². The molecule has 1 aliphatic rings. The Balaban J connectivity index is 2.49. The zero-order chi connectivity index (χ0) is 15.3. The Morgan fingerprint density at radius 1 is 1.35 bits per heavy atom. The zero-order valence-electron chi connectivity index (χ0n) is 10.1. The second-order valence-corrected chi connectivity index (χ2v) is 5.17. The molecule has 1 heterocycles. The van der Waals surface area contributed by atoms with E-state index in [9.17, 15) is 24.4 Å². The largest absolute Gasteiger partial charge is 0.469 e. The molecule has 1 aliphatic heterocycles. The maximum atomic E-state index is 11.3. The lowest BCUT2D eigenvalue weighted by molar-refractivity contribution is -0.127. The van der Waals surface area contributed by atoms with Crippen molar-refractivity contribution in [2.24, 2.45) is 0 Å². The van der Waals surface area contributed by atoms with Gasteiger partial charge in [0.25, 0.3) is 0 Å². The summed E-state index contributed by atoms with van der Waals surface area (Å²) in [5.74, 6) is -0.676. The summed E-state index contributed by atoms with van der Waals surface area (Å²) in [7, 11) is -4.74. The molecular weight excluding hydrogens is 299 g/mol. The number of carbonyl (C=O) groups excluding carboxylic acids is 2. The van der Waals surface area contributed by atoms with E-state index in [0.717, 1.165) is 0 Å². The summed E-state index contributed by atoms with van der Waals surface area (Å²) in [5.41, 5.74) is 0.